The number of aromatic hydroxyl groups is 1. The van der Waals surface area contributed by atoms with E-state index in [9.17, 15) is 9.90 Å². The second-order valence-electron chi connectivity index (χ2n) is 10.3. The second kappa shape index (κ2) is 12.4. The Morgan fingerprint density at radius 3 is 2.47 bits per heavy atom. The van der Waals surface area contributed by atoms with Crippen molar-refractivity contribution in [3.8, 4) is 28.5 Å². The number of aromatic nitrogens is 2. The van der Waals surface area contributed by atoms with Gasteiger partial charge in [0.2, 0.25) is 0 Å². The zero-order valence-electron chi connectivity index (χ0n) is 23.4. The number of fused-ring (bicyclic) bond motifs is 1. The normalized spacial score (nSPS) is 14.7. The Kier molecular flexibility index (Phi) is 8.97. The number of hydrogen-bond acceptors (Lipinski definition) is 5. The van der Waals surface area contributed by atoms with Crippen LogP contribution in [0.5, 0.6) is 17.2 Å². The minimum Gasteiger partial charge on any atom is -0.507 e. The summed E-state index contributed by atoms with van der Waals surface area (Å²) in [5.41, 5.74) is 5.36. The van der Waals surface area contributed by atoms with Crippen LogP contribution in [0.2, 0.25) is 0 Å². The van der Waals surface area contributed by atoms with Gasteiger partial charge in [-0.3, -0.25) is 9.89 Å². The van der Waals surface area contributed by atoms with Crippen molar-refractivity contribution in [3.05, 3.63) is 58.3 Å². The lowest BCUT2D eigenvalue weighted by Crippen LogP contribution is -2.30. The third-order valence-electron chi connectivity index (χ3n) is 7.32. The first-order chi connectivity index (χ1) is 18.4. The second-order valence-corrected chi connectivity index (χ2v) is 10.3. The van der Waals surface area contributed by atoms with Gasteiger partial charge in [-0.2, -0.15) is 5.10 Å². The Labute approximate surface area is 226 Å². The topological polar surface area (TPSA) is 87.7 Å². The van der Waals surface area contributed by atoms with Crippen LogP contribution in [0, 0.1) is 13.8 Å². The van der Waals surface area contributed by atoms with Crippen molar-refractivity contribution in [2.45, 2.75) is 78.7 Å². The molecular weight excluding hydrogens is 478 g/mol. The van der Waals surface area contributed by atoms with Crippen molar-refractivity contribution in [1.82, 2.24) is 15.1 Å². The highest BCUT2D eigenvalue weighted by atomic mass is 16.5. The molecule has 0 bridgehead atoms. The lowest BCUT2D eigenvalue weighted by atomic mass is 9.93. The fourth-order valence-electron chi connectivity index (χ4n) is 5.43. The fourth-order valence-corrected chi connectivity index (χ4v) is 5.43. The van der Waals surface area contributed by atoms with Crippen molar-refractivity contribution < 1.29 is 19.4 Å². The number of H-pyrrole nitrogens is 1. The minimum atomic E-state index is -0.351. The molecule has 0 saturated carbocycles. The number of rotatable bonds is 13. The molecule has 1 aromatic heterocycles. The van der Waals surface area contributed by atoms with Crippen molar-refractivity contribution >= 4 is 5.91 Å². The summed E-state index contributed by atoms with van der Waals surface area (Å²) in [4.78, 5) is 15.5. The van der Waals surface area contributed by atoms with Gasteiger partial charge in [0.25, 0.3) is 5.91 Å². The summed E-state index contributed by atoms with van der Waals surface area (Å²) in [7, 11) is 1.64. The SMILES string of the molecule is CCCCCCOc1ccc(C2c3c(-c4c(C)cc(C)cc4O)n[nH]c3C(=O)N2CCCCC)cc1OC. The van der Waals surface area contributed by atoms with Crippen LogP contribution >= 0.6 is 0 Å². The summed E-state index contributed by atoms with van der Waals surface area (Å²) in [5, 5.41) is 18.5. The van der Waals surface area contributed by atoms with Gasteiger partial charge < -0.3 is 19.5 Å². The zero-order valence-corrected chi connectivity index (χ0v) is 23.4. The number of carbonyl (C=O) groups excluding carboxylic acids is 1. The van der Waals surface area contributed by atoms with E-state index >= 15 is 0 Å². The predicted octanol–water partition coefficient (Wildman–Crippen LogP) is 7.10. The molecule has 7 nitrogen and oxygen atoms in total. The molecule has 2 aromatic carbocycles. The third kappa shape index (κ3) is 5.52. The number of methoxy groups -OCH3 is 1. The smallest absolute Gasteiger partial charge is 0.273 e. The number of nitrogens with zero attached hydrogens (tertiary/aromatic N) is 2. The van der Waals surface area contributed by atoms with Crippen molar-refractivity contribution in [1.29, 1.82) is 0 Å². The molecule has 1 amide bonds. The van der Waals surface area contributed by atoms with Gasteiger partial charge in [-0.1, -0.05) is 58.1 Å². The van der Waals surface area contributed by atoms with Gasteiger partial charge in [0.15, 0.2) is 11.5 Å². The average molecular weight is 520 g/mol. The maximum atomic E-state index is 13.6. The van der Waals surface area contributed by atoms with E-state index in [1.165, 1.54) is 12.8 Å². The number of nitrogens with one attached hydrogen (secondary N) is 1. The Bertz CT molecular complexity index is 1240. The number of phenolic OH excluding ortho intramolecular Hbond substituents is 1. The molecule has 1 aliphatic rings. The third-order valence-corrected chi connectivity index (χ3v) is 7.32. The van der Waals surface area contributed by atoms with E-state index in [2.05, 4.69) is 24.0 Å². The van der Waals surface area contributed by atoms with Crippen molar-refractivity contribution in [2.75, 3.05) is 20.3 Å². The summed E-state index contributed by atoms with van der Waals surface area (Å²) in [6, 6.07) is 9.34. The highest BCUT2D eigenvalue weighted by Gasteiger charge is 2.42. The Hall–Kier alpha value is -3.48. The standard InChI is InChI=1S/C31H41N3O4/c1-6-8-10-12-16-38-24-14-13-22(19-25(24)37-5)30-27-28(26-21(4)17-20(3)18-23(26)35)32-33-29(27)31(36)34(30)15-11-9-7-2/h13-14,17-19,30,35H,6-12,15-16H2,1-5H3,(H,32,33). The number of aromatic amines is 1. The van der Waals surface area contributed by atoms with Gasteiger partial charge in [-0.25, -0.2) is 0 Å². The molecule has 7 heteroatoms. The first kappa shape index (κ1) is 27.6. The highest BCUT2D eigenvalue weighted by molar-refractivity contribution is 6.00. The van der Waals surface area contributed by atoms with Gasteiger partial charge in [0.1, 0.15) is 17.1 Å². The lowest BCUT2D eigenvalue weighted by Gasteiger charge is -2.27. The van der Waals surface area contributed by atoms with Gasteiger partial charge in [0, 0.05) is 17.7 Å². The monoisotopic (exact) mass is 519 g/mol. The molecule has 0 saturated heterocycles. The van der Waals surface area contributed by atoms with Crippen LogP contribution in [0.1, 0.15) is 97.6 Å². The first-order valence-corrected chi connectivity index (χ1v) is 13.9. The Morgan fingerprint density at radius 1 is 1.00 bits per heavy atom. The molecule has 0 fully saturated rings. The highest BCUT2D eigenvalue weighted by Crippen LogP contribution is 2.47. The predicted molar refractivity (Wildman–Crippen MR) is 150 cm³/mol. The van der Waals surface area contributed by atoms with Crippen LogP contribution in [0.25, 0.3) is 11.3 Å². The molecule has 1 unspecified atom stereocenters. The molecule has 0 spiro atoms. The fraction of sp³-hybridized carbons (Fsp3) is 0.484. The molecule has 1 aliphatic heterocycles. The molecule has 4 rings (SSSR count). The van der Waals surface area contributed by atoms with Gasteiger partial charge in [-0.15, -0.1) is 0 Å². The number of amides is 1. The van der Waals surface area contributed by atoms with Crippen LogP contribution in [0.4, 0.5) is 0 Å². The van der Waals surface area contributed by atoms with E-state index in [-0.39, 0.29) is 17.7 Å². The number of ether oxygens (including phenoxy) is 2. The van der Waals surface area contributed by atoms with Crippen molar-refractivity contribution in [2.24, 2.45) is 0 Å². The largest absolute Gasteiger partial charge is 0.507 e. The lowest BCUT2D eigenvalue weighted by molar-refractivity contribution is 0.0740. The maximum Gasteiger partial charge on any atom is 0.273 e. The van der Waals surface area contributed by atoms with Crippen LogP contribution in [0.3, 0.4) is 0 Å². The van der Waals surface area contributed by atoms with E-state index in [1.54, 1.807) is 13.2 Å². The Balaban J connectivity index is 1.75. The van der Waals surface area contributed by atoms with E-state index in [4.69, 9.17) is 9.47 Å². The molecule has 38 heavy (non-hydrogen) atoms. The molecular formula is C31H41N3O4. The minimum absolute atomic E-state index is 0.0701. The molecule has 0 aliphatic carbocycles. The van der Waals surface area contributed by atoms with Gasteiger partial charge >= 0.3 is 0 Å². The summed E-state index contributed by atoms with van der Waals surface area (Å²) < 4.78 is 11.8. The molecule has 204 valence electrons. The quantitative estimate of drug-likeness (QED) is 0.235. The van der Waals surface area contributed by atoms with E-state index in [1.807, 2.05) is 43.0 Å². The zero-order chi connectivity index (χ0) is 27.2. The first-order valence-electron chi connectivity index (χ1n) is 13.9. The van der Waals surface area contributed by atoms with Crippen LogP contribution in [-0.2, 0) is 0 Å². The number of carbonyl (C=O) groups is 1. The Morgan fingerprint density at radius 2 is 1.76 bits per heavy atom. The van der Waals surface area contributed by atoms with Gasteiger partial charge in [0.05, 0.1) is 19.8 Å². The molecule has 1 atom stereocenters. The molecule has 0 radical (unpaired) electrons. The number of unbranched alkanes of at least 4 members (excludes halogenated alkanes) is 5. The van der Waals surface area contributed by atoms with Crippen LogP contribution in [-0.4, -0.2) is 46.4 Å². The van der Waals surface area contributed by atoms with E-state index in [0.29, 0.717) is 41.6 Å². The molecule has 2 N–H and O–H groups in total. The number of phenols is 1. The van der Waals surface area contributed by atoms with E-state index in [0.717, 1.165) is 54.4 Å². The summed E-state index contributed by atoms with van der Waals surface area (Å²) in [6.07, 6.45) is 7.56. The number of aryl methyl sites for hydroxylation is 2. The number of benzene rings is 2. The van der Waals surface area contributed by atoms with Gasteiger partial charge in [-0.05, 0) is 61.6 Å². The molecule has 3 aromatic rings. The maximum absolute atomic E-state index is 13.6. The average Bonchev–Trinajstić information content (AvgIpc) is 3.42. The molecule has 2 heterocycles. The van der Waals surface area contributed by atoms with Crippen LogP contribution in [0.15, 0.2) is 30.3 Å². The summed E-state index contributed by atoms with van der Waals surface area (Å²) >= 11 is 0. The summed E-state index contributed by atoms with van der Waals surface area (Å²) in [5.74, 6) is 1.44. The van der Waals surface area contributed by atoms with E-state index < -0.39 is 0 Å². The van der Waals surface area contributed by atoms with Crippen LogP contribution < -0.4 is 9.47 Å². The number of hydrogen-bond donors (Lipinski definition) is 2. The summed E-state index contributed by atoms with van der Waals surface area (Å²) in [6.45, 7) is 9.54. The van der Waals surface area contributed by atoms with Crippen molar-refractivity contribution in [3.63, 3.8) is 0 Å².